The van der Waals surface area contributed by atoms with E-state index >= 15 is 0 Å². The van der Waals surface area contributed by atoms with Crippen molar-refractivity contribution in [3.05, 3.63) is 23.8 Å². The molecular weight excluding hydrogens is 266 g/mol. The maximum absolute atomic E-state index is 8.77. The lowest BCUT2D eigenvalue weighted by Crippen LogP contribution is -2.07. The molecule has 0 amide bonds. The fourth-order valence-corrected chi connectivity index (χ4v) is 2.97. The van der Waals surface area contributed by atoms with E-state index in [1.165, 1.54) is 23.1 Å². The third-order valence-corrected chi connectivity index (χ3v) is 4.35. The van der Waals surface area contributed by atoms with E-state index in [1.54, 1.807) is 12.1 Å². The molecule has 2 rings (SSSR count). The fourth-order valence-electron chi connectivity index (χ4n) is 1.23. The van der Waals surface area contributed by atoms with E-state index in [4.69, 9.17) is 11.0 Å². The van der Waals surface area contributed by atoms with Crippen molar-refractivity contribution in [3.63, 3.8) is 0 Å². The van der Waals surface area contributed by atoms with Crippen molar-refractivity contribution in [2.45, 2.75) is 9.24 Å². The topological polar surface area (TPSA) is 78.8 Å². The van der Waals surface area contributed by atoms with E-state index in [9.17, 15) is 0 Å². The van der Waals surface area contributed by atoms with E-state index in [0.717, 1.165) is 14.4 Å². The van der Waals surface area contributed by atoms with Gasteiger partial charge in [-0.3, -0.25) is 0 Å². The molecule has 5 nitrogen and oxygen atoms in total. The molecule has 7 heteroatoms. The summed E-state index contributed by atoms with van der Waals surface area (Å²) in [6, 6.07) is 7.29. The summed E-state index contributed by atoms with van der Waals surface area (Å²) in [4.78, 5) is 2.79. The summed E-state index contributed by atoms with van der Waals surface area (Å²) in [5, 5.41) is 17.8. The highest BCUT2D eigenvalue weighted by molar-refractivity contribution is 8.01. The summed E-state index contributed by atoms with van der Waals surface area (Å²) in [7, 11) is 3.84. The van der Waals surface area contributed by atoms with Crippen LogP contribution >= 0.6 is 23.1 Å². The molecule has 0 aliphatic rings. The third-order valence-electron chi connectivity index (χ3n) is 2.11. The zero-order chi connectivity index (χ0) is 13.1. The maximum atomic E-state index is 8.77. The molecule has 1 aromatic heterocycles. The first-order chi connectivity index (χ1) is 8.60. The van der Waals surface area contributed by atoms with Gasteiger partial charge in [-0.05, 0) is 18.2 Å². The lowest BCUT2D eigenvalue weighted by atomic mass is 10.2. The predicted octanol–water partition coefficient (Wildman–Crippen LogP) is 2.21. The van der Waals surface area contributed by atoms with Crippen molar-refractivity contribution in [1.29, 1.82) is 5.26 Å². The van der Waals surface area contributed by atoms with Gasteiger partial charge in [0.15, 0.2) is 4.34 Å². The number of nitrogen functional groups attached to an aromatic ring is 1. The van der Waals surface area contributed by atoms with Gasteiger partial charge in [0.2, 0.25) is 5.13 Å². The van der Waals surface area contributed by atoms with Crippen molar-refractivity contribution in [2.24, 2.45) is 0 Å². The summed E-state index contributed by atoms with van der Waals surface area (Å²) in [5.41, 5.74) is 7.03. The summed E-state index contributed by atoms with van der Waals surface area (Å²) in [5.74, 6) is 0. The van der Waals surface area contributed by atoms with Crippen LogP contribution in [0.4, 0.5) is 10.8 Å². The highest BCUT2D eigenvalue weighted by Gasteiger charge is 2.09. The van der Waals surface area contributed by atoms with Gasteiger partial charge in [0.25, 0.3) is 0 Å². The number of benzene rings is 1. The Bertz CT molecular complexity index is 600. The normalized spacial score (nSPS) is 10.1. The molecule has 0 bridgehead atoms. The van der Waals surface area contributed by atoms with E-state index in [2.05, 4.69) is 16.3 Å². The summed E-state index contributed by atoms with van der Waals surface area (Å²) in [6.45, 7) is 0. The number of nitrogens with two attached hydrogens (primary N) is 1. The van der Waals surface area contributed by atoms with Crippen LogP contribution in [0.15, 0.2) is 27.4 Å². The first kappa shape index (κ1) is 12.7. The molecule has 0 spiro atoms. The zero-order valence-corrected chi connectivity index (χ0v) is 11.5. The second kappa shape index (κ2) is 5.25. The SMILES string of the molecule is CN(C)c1nnc(Sc2ccc(C#N)cc2N)s1. The lowest BCUT2D eigenvalue weighted by molar-refractivity contribution is 0.973. The van der Waals surface area contributed by atoms with Crippen LogP contribution in [0.1, 0.15) is 5.56 Å². The van der Waals surface area contributed by atoms with E-state index in [-0.39, 0.29) is 0 Å². The average Bonchev–Trinajstić information content (AvgIpc) is 2.80. The first-order valence-corrected chi connectivity index (χ1v) is 6.72. The quantitative estimate of drug-likeness (QED) is 0.867. The number of nitriles is 1. The molecule has 0 aliphatic heterocycles. The van der Waals surface area contributed by atoms with E-state index < -0.39 is 0 Å². The highest BCUT2D eigenvalue weighted by Crippen LogP contribution is 2.35. The van der Waals surface area contributed by atoms with Gasteiger partial charge < -0.3 is 10.6 Å². The molecule has 18 heavy (non-hydrogen) atoms. The second-order valence-electron chi connectivity index (χ2n) is 3.71. The Morgan fingerprint density at radius 2 is 2.17 bits per heavy atom. The Kier molecular flexibility index (Phi) is 3.69. The molecule has 1 heterocycles. The van der Waals surface area contributed by atoms with Gasteiger partial charge in [-0.15, -0.1) is 10.2 Å². The Hall–Kier alpha value is -1.78. The maximum Gasteiger partial charge on any atom is 0.208 e. The van der Waals surface area contributed by atoms with Gasteiger partial charge >= 0.3 is 0 Å². The first-order valence-electron chi connectivity index (χ1n) is 5.08. The van der Waals surface area contributed by atoms with Crippen LogP contribution in [0.2, 0.25) is 0 Å². The molecule has 2 aromatic rings. The predicted molar refractivity (Wildman–Crippen MR) is 73.9 cm³/mol. The van der Waals surface area contributed by atoms with Gasteiger partial charge in [0.05, 0.1) is 11.6 Å². The smallest absolute Gasteiger partial charge is 0.208 e. The van der Waals surface area contributed by atoms with Crippen LogP contribution in [0.3, 0.4) is 0 Å². The number of rotatable bonds is 3. The summed E-state index contributed by atoms with van der Waals surface area (Å²) >= 11 is 2.96. The Balaban J connectivity index is 2.21. The molecule has 0 radical (unpaired) electrons. The lowest BCUT2D eigenvalue weighted by Gasteiger charge is -2.04. The van der Waals surface area contributed by atoms with E-state index in [1.807, 2.05) is 25.1 Å². The molecule has 92 valence electrons. The molecule has 0 fully saturated rings. The van der Waals surface area contributed by atoms with Crippen LogP contribution in [0, 0.1) is 11.3 Å². The van der Waals surface area contributed by atoms with Gasteiger partial charge in [-0.2, -0.15) is 5.26 Å². The van der Waals surface area contributed by atoms with Crippen LogP contribution in [0.5, 0.6) is 0 Å². The van der Waals surface area contributed by atoms with Crippen molar-refractivity contribution in [2.75, 3.05) is 24.7 Å². The number of nitrogens with zero attached hydrogens (tertiary/aromatic N) is 4. The van der Waals surface area contributed by atoms with E-state index in [0.29, 0.717) is 11.3 Å². The minimum absolute atomic E-state index is 0.558. The summed E-state index contributed by atoms with van der Waals surface area (Å²) in [6.07, 6.45) is 0. The Labute approximate surface area is 113 Å². The molecule has 2 N–H and O–H groups in total. The van der Waals surface area contributed by atoms with Crippen LogP contribution in [0.25, 0.3) is 0 Å². The van der Waals surface area contributed by atoms with Gasteiger partial charge in [-0.25, -0.2) is 0 Å². The van der Waals surface area contributed by atoms with Crippen molar-refractivity contribution >= 4 is 33.9 Å². The van der Waals surface area contributed by atoms with Crippen LogP contribution in [-0.4, -0.2) is 24.3 Å². The van der Waals surface area contributed by atoms with Crippen LogP contribution in [-0.2, 0) is 0 Å². The molecular formula is C11H11N5S2. The van der Waals surface area contributed by atoms with Gasteiger partial charge in [-0.1, -0.05) is 23.1 Å². The van der Waals surface area contributed by atoms with Gasteiger partial charge in [0, 0.05) is 24.7 Å². The third kappa shape index (κ3) is 2.72. The van der Waals surface area contributed by atoms with Crippen molar-refractivity contribution < 1.29 is 0 Å². The minimum atomic E-state index is 0.558. The number of hydrogen-bond donors (Lipinski definition) is 1. The molecule has 0 saturated heterocycles. The molecule has 0 atom stereocenters. The molecule has 0 aliphatic carbocycles. The average molecular weight is 277 g/mol. The van der Waals surface area contributed by atoms with Crippen molar-refractivity contribution in [3.8, 4) is 6.07 Å². The number of aromatic nitrogens is 2. The monoisotopic (exact) mass is 277 g/mol. The second-order valence-corrected chi connectivity index (χ2v) is 5.96. The Morgan fingerprint density at radius 3 is 2.72 bits per heavy atom. The standard InChI is InChI=1S/C11H11N5S2/c1-16(2)10-14-15-11(18-10)17-9-4-3-7(6-12)5-8(9)13/h3-5H,13H2,1-2H3. The molecule has 0 saturated carbocycles. The largest absolute Gasteiger partial charge is 0.398 e. The molecule has 1 aromatic carbocycles. The summed E-state index contributed by atoms with van der Waals surface area (Å²) < 4.78 is 0.829. The van der Waals surface area contributed by atoms with Gasteiger partial charge in [0.1, 0.15) is 0 Å². The fraction of sp³-hybridized carbons (Fsp3) is 0.182. The number of hydrogen-bond acceptors (Lipinski definition) is 7. The minimum Gasteiger partial charge on any atom is -0.398 e. The van der Waals surface area contributed by atoms with Crippen molar-refractivity contribution in [1.82, 2.24) is 10.2 Å². The van der Waals surface area contributed by atoms with Crippen LogP contribution < -0.4 is 10.6 Å². The highest BCUT2D eigenvalue weighted by atomic mass is 32.2. The Morgan fingerprint density at radius 1 is 1.39 bits per heavy atom. The molecule has 0 unspecified atom stereocenters. The number of anilines is 2. The zero-order valence-electron chi connectivity index (χ0n) is 9.91.